The molecule has 1 aliphatic carbocycles. The molecule has 196 valence electrons. The van der Waals surface area contributed by atoms with E-state index in [1.54, 1.807) is 32.9 Å². The first-order valence-electron chi connectivity index (χ1n) is 11.9. The van der Waals surface area contributed by atoms with Gasteiger partial charge in [0.1, 0.15) is 10.6 Å². The number of aromatic carboxylic acids is 1. The molecular formula is C26H30N4O6S. The number of nitrogens with zero attached hydrogens (tertiary/aromatic N) is 2. The molecule has 3 aromatic rings. The van der Waals surface area contributed by atoms with E-state index >= 15 is 0 Å². The lowest BCUT2D eigenvalue weighted by Crippen LogP contribution is -2.30. The highest BCUT2D eigenvalue weighted by Gasteiger charge is 2.31. The molecule has 1 aliphatic rings. The van der Waals surface area contributed by atoms with Gasteiger partial charge in [0, 0.05) is 23.2 Å². The highest BCUT2D eigenvalue weighted by atomic mass is 32.2. The number of hydrogen-bond donors (Lipinski definition) is 3. The minimum Gasteiger partial charge on any atom is -0.476 e. The van der Waals surface area contributed by atoms with Gasteiger partial charge in [-0.05, 0) is 82.9 Å². The molecule has 1 heterocycles. The second-order valence-electron chi connectivity index (χ2n) is 9.52. The summed E-state index contributed by atoms with van der Waals surface area (Å²) in [6.07, 6.45) is 1.61. The van der Waals surface area contributed by atoms with Crippen LogP contribution in [0.5, 0.6) is 11.6 Å². The van der Waals surface area contributed by atoms with Crippen molar-refractivity contribution in [1.82, 2.24) is 14.5 Å². The van der Waals surface area contributed by atoms with Gasteiger partial charge in [0.25, 0.3) is 0 Å². The number of aromatic nitrogens is 2. The summed E-state index contributed by atoms with van der Waals surface area (Å²) in [5.41, 5.74) is 2.77. The molecule has 0 bridgehead atoms. The van der Waals surface area contributed by atoms with Gasteiger partial charge < -0.3 is 15.2 Å². The van der Waals surface area contributed by atoms with Gasteiger partial charge in [-0.25, -0.2) is 17.9 Å². The van der Waals surface area contributed by atoms with E-state index in [-0.39, 0.29) is 39.6 Å². The zero-order chi connectivity index (χ0) is 27.1. The SMILES string of the molecule is Cc1cccc(-n2nc(C(=O)O)c(C)c2Oc2ccc(NC(=O)C3CC3)cc2S(=O)(=O)NC(C)C)c1C. The summed E-state index contributed by atoms with van der Waals surface area (Å²) in [4.78, 5) is 24.0. The molecule has 4 rings (SSSR count). The summed E-state index contributed by atoms with van der Waals surface area (Å²) in [7, 11) is -4.06. The first kappa shape index (κ1) is 26.4. The molecule has 1 aromatic heterocycles. The topological polar surface area (TPSA) is 140 Å². The van der Waals surface area contributed by atoms with Crippen molar-refractivity contribution >= 4 is 27.6 Å². The van der Waals surface area contributed by atoms with Gasteiger partial charge in [0.2, 0.25) is 21.8 Å². The summed E-state index contributed by atoms with van der Waals surface area (Å²) in [6.45, 7) is 8.74. The molecule has 37 heavy (non-hydrogen) atoms. The Kier molecular flexibility index (Phi) is 7.11. The van der Waals surface area contributed by atoms with Crippen LogP contribution in [0.25, 0.3) is 5.69 Å². The van der Waals surface area contributed by atoms with Gasteiger partial charge in [0.15, 0.2) is 5.69 Å². The first-order chi connectivity index (χ1) is 17.4. The van der Waals surface area contributed by atoms with E-state index in [1.165, 1.54) is 16.8 Å². The van der Waals surface area contributed by atoms with Crippen LogP contribution in [-0.2, 0) is 14.8 Å². The van der Waals surface area contributed by atoms with Crippen molar-refractivity contribution in [3.63, 3.8) is 0 Å². The van der Waals surface area contributed by atoms with Crippen LogP contribution in [0.2, 0.25) is 0 Å². The van der Waals surface area contributed by atoms with Crippen molar-refractivity contribution < 1.29 is 27.9 Å². The fourth-order valence-corrected chi connectivity index (χ4v) is 5.28. The van der Waals surface area contributed by atoms with Crippen LogP contribution in [-0.4, -0.2) is 41.2 Å². The highest BCUT2D eigenvalue weighted by Crippen LogP contribution is 2.37. The number of carbonyl (C=O) groups excluding carboxylic acids is 1. The predicted octanol–water partition coefficient (Wildman–Crippen LogP) is 4.32. The number of amides is 1. The predicted molar refractivity (Wildman–Crippen MR) is 138 cm³/mol. The fraction of sp³-hybridized carbons (Fsp3) is 0.346. The lowest BCUT2D eigenvalue weighted by Gasteiger charge is -2.17. The number of benzene rings is 2. The minimum absolute atomic E-state index is 0.0379. The number of sulfonamides is 1. The summed E-state index contributed by atoms with van der Waals surface area (Å²) >= 11 is 0. The number of carboxylic acids is 1. The monoisotopic (exact) mass is 526 g/mol. The van der Waals surface area contributed by atoms with Gasteiger partial charge in [-0.3, -0.25) is 4.79 Å². The molecule has 0 atom stereocenters. The maximum absolute atomic E-state index is 13.3. The minimum atomic E-state index is -4.06. The Labute approximate surface area is 215 Å². The molecule has 11 heteroatoms. The lowest BCUT2D eigenvalue weighted by atomic mass is 10.1. The summed E-state index contributed by atoms with van der Waals surface area (Å²) in [5.74, 6) is -1.43. The van der Waals surface area contributed by atoms with Crippen molar-refractivity contribution in [2.45, 2.75) is 58.4 Å². The Morgan fingerprint density at radius 2 is 1.81 bits per heavy atom. The van der Waals surface area contributed by atoms with E-state index in [2.05, 4.69) is 15.1 Å². The number of hydrogen-bond acceptors (Lipinski definition) is 6. The van der Waals surface area contributed by atoms with E-state index in [4.69, 9.17) is 4.74 Å². The number of rotatable bonds is 9. The van der Waals surface area contributed by atoms with Crippen LogP contribution in [0.4, 0.5) is 5.69 Å². The Hall–Kier alpha value is -3.70. The molecule has 1 amide bonds. The standard InChI is InChI=1S/C26H30N4O6S/c1-14(2)29-37(34,35)22-13-19(27-24(31)18-9-10-18)11-12-21(22)36-25-17(5)23(26(32)33)28-30(25)20-8-6-7-15(3)16(20)4/h6-8,11-14,18,29H,9-10H2,1-5H3,(H,27,31)(H,32,33). The molecule has 0 saturated heterocycles. The molecule has 0 spiro atoms. The molecule has 0 radical (unpaired) electrons. The molecule has 10 nitrogen and oxygen atoms in total. The van der Waals surface area contributed by atoms with Crippen LogP contribution in [0.3, 0.4) is 0 Å². The van der Waals surface area contributed by atoms with Gasteiger partial charge in [0.05, 0.1) is 5.69 Å². The molecule has 3 N–H and O–H groups in total. The van der Waals surface area contributed by atoms with Crippen molar-refractivity contribution in [3.05, 3.63) is 58.8 Å². The molecule has 2 aromatic carbocycles. The Balaban J connectivity index is 1.85. The quantitative estimate of drug-likeness (QED) is 0.377. The number of carbonyl (C=O) groups is 2. The van der Waals surface area contributed by atoms with Gasteiger partial charge in [-0.15, -0.1) is 0 Å². The summed E-state index contributed by atoms with van der Waals surface area (Å²) in [6, 6.07) is 9.45. The Morgan fingerprint density at radius 3 is 2.43 bits per heavy atom. The fourth-order valence-electron chi connectivity index (χ4n) is 3.88. The zero-order valence-electron chi connectivity index (χ0n) is 21.3. The van der Waals surface area contributed by atoms with E-state index in [9.17, 15) is 23.1 Å². The van der Waals surface area contributed by atoms with Crippen molar-refractivity contribution in [3.8, 4) is 17.3 Å². The molecule has 1 saturated carbocycles. The van der Waals surface area contributed by atoms with E-state index in [0.717, 1.165) is 24.0 Å². The van der Waals surface area contributed by atoms with Crippen molar-refractivity contribution in [1.29, 1.82) is 0 Å². The molecule has 0 unspecified atom stereocenters. The Morgan fingerprint density at radius 1 is 1.11 bits per heavy atom. The zero-order valence-corrected chi connectivity index (χ0v) is 22.1. The van der Waals surface area contributed by atoms with Gasteiger partial charge in [-0.2, -0.15) is 9.78 Å². The smallest absolute Gasteiger partial charge is 0.356 e. The number of aryl methyl sites for hydroxylation is 1. The van der Waals surface area contributed by atoms with Crippen molar-refractivity contribution in [2.24, 2.45) is 5.92 Å². The second kappa shape index (κ2) is 9.98. The average molecular weight is 527 g/mol. The molecule has 0 aliphatic heterocycles. The third-order valence-corrected chi connectivity index (χ3v) is 7.80. The highest BCUT2D eigenvalue weighted by molar-refractivity contribution is 7.89. The van der Waals surface area contributed by atoms with E-state index < -0.39 is 22.0 Å². The van der Waals surface area contributed by atoms with E-state index in [0.29, 0.717) is 11.4 Å². The first-order valence-corrected chi connectivity index (χ1v) is 13.4. The largest absolute Gasteiger partial charge is 0.476 e. The molecular weight excluding hydrogens is 496 g/mol. The summed E-state index contributed by atoms with van der Waals surface area (Å²) in [5, 5.41) is 16.7. The number of carboxylic acid groups (broad SMARTS) is 1. The third-order valence-electron chi connectivity index (χ3n) is 6.12. The van der Waals surface area contributed by atoms with Gasteiger partial charge >= 0.3 is 5.97 Å². The lowest BCUT2D eigenvalue weighted by molar-refractivity contribution is -0.117. The maximum atomic E-state index is 13.3. The summed E-state index contributed by atoms with van der Waals surface area (Å²) < 4.78 is 36.6. The third kappa shape index (κ3) is 5.52. The second-order valence-corrected chi connectivity index (χ2v) is 11.2. The number of anilines is 1. The maximum Gasteiger partial charge on any atom is 0.356 e. The van der Waals surface area contributed by atoms with Gasteiger partial charge in [-0.1, -0.05) is 12.1 Å². The van der Waals surface area contributed by atoms with Crippen LogP contribution >= 0.6 is 0 Å². The van der Waals surface area contributed by atoms with Crippen LogP contribution in [0.1, 0.15) is 53.9 Å². The van der Waals surface area contributed by atoms with Crippen LogP contribution < -0.4 is 14.8 Å². The molecule has 1 fully saturated rings. The average Bonchev–Trinajstić information content (AvgIpc) is 3.61. The van der Waals surface area contributed by atoms with Crippen molar-refractivity contribution in [2.75, 3.05) is 5.32 Å². The number of ether oxygens (including phenoxy) is 1. The number of nitrogens with one attached hydrogen (secondary N) is 2. The normalized spacial score (nSPS) is 13.6. The van der Waals surface area contributed by atoms with Crippen LogP contribution in [0.15, 0.2) is 41.3 Å². The Bertz CT molecular complexity index is 1490. The van der Waals surface area contributed by atoms with E-state index in [1.807, 2.05) is 26.0 Å². The van der Waals surface area contributed by atoms with Crippen LogP contribution in [0, 0.1) is 26.7 Å².